The van der Waals surface area contributed by atoms with Gasteiger partial charge in [0.25, 0.3) is 11.6 Å². The Balaban J connectivity index is 1.44. The van der Waals surface area contributed by atoms with Crippen LogP contribution in [0.4, 0.5) is 21.9 Å². The van der Waals surface area contributed by atoms with E-state index in [4.69, 9.17) is 21.1 Å². The number of carbonyl (C=O) groups excluding carboxylic acids is 2. The molecule has 0 fully saturated rings. The molecule has 0 aromatic heterocycles. The molecule has 3 amide bonds. The lowest BCUT2D eigenvalue weighted by atomic mass is 10.2. The molecule has 2 N–H and O–H groups in total. The van der Waals surface area contributed by atoms with Crippen LogP contribution in [0.25, 0.3) is 0 Å². The highest BCUT2D eigenvalue weighted by molar-refractivity contribution is 6.34. The standard InChI is InChI=1S/C30H27ClN4O6/c1-40-28-11-6-5-10-27(28)33-30(37)34(21-12-15-24(16-13-21)41-23-8-3-2-4-9-23)19-7-18-32-29(36)25-17-14-22(35(38)39)20-26(25)31/h2-6,8-17,20H,7,18-19H2,1H3,(H,32,36)(H,33,37). The van der Waals surface area contributed by atoms with Gasteiger partial charge in [-0.05, 0) is 61.0 Å². The summed E-state index contributed by atoms with van der Waals surface area (Å²) in [5, 5.41) is 16.5. The van der Waals surface area contributed by atoms with E-state index in [0.29, 0.717) is 35.0 Å². The van der Waals surface area contributed by atoms with Gasteiger partial charge in [0.05, 0.1) is 28.3 Å². The highest BCUT2D eigenvalue weighted by Crippen LogP contribution is 2.27. The summed E-state index contributed by atoms with van der Waals surface area (Å²) in [5.74, 6) is 1.34. The Morgan fingerprint density at radius 3 is 2.29 bits per heavy atom. The normalized spacial score (nSPS) is 10.4. The third-order valence-corrected chi connectivity index (χ3v) is 6.29. The van der Waals surface area contributed by atoms with Crippen LogP contribution in [0.3, 0.4) is 0 Å². The number of hydrogen-bond acceptors (Lipinski definition) is 6. The highest BCUT2D eigenvalue weighted by atomic mass is 35.5. The summed E-state index contributed by atoms with van der Waals surface area (Å²) in [5.41, 5.74) is 1.04. The molecule has 0 saturated carbocycles. The van der Waals surface area contributed by atoms with Crippen LogP contribution in [0.5, 0.6) is 17.2 Å². The van der Waals surface area contributed by atoms with Gasteiger partial charge in [0.15, 0.2) is 0 Å². The minimum absolute atomic E-state index is 0.0210. The molecule has 0 atom stereocenters. The van der Waals surface area contributed by atoms with Gasteiger partial charge < -0.3 is 20.1 Å². The molecule has 0 spiro atoms. The monoisotopic (exact) mass is 574 g/mol. The number of nitrogens with zero attached hydrogens (tertiary/aromatic N) is 2. The molecule has 0 aliphatic carbocycles. The molecule has 41 heavy (non-hydrogen) atoms. The minimum Gasteiger partial charge on any atom is -0.495 e. The number of amides is 3. The summed E-state index contributed by atoms with van der Waals surface area (Å²) >= 11 is 6.07. The van der Waals surface area contributed by atoms with Crippen LogP contribution in [0.2, 0.25) is 5.02 Å². The second-order valence-electron chi connectivity index (χ2n) is 8.72. The first-order valence-electron chi connectivity index (χ1n) is 12.6. The topological polar surface area (TPSA) is 123 Å². The van der Waals surface area contributed by atoms with Crippen LogP contribution in [0.15, 0.2) is 97.1 Å². The lowest BCUT2D eigenvalue weighted by Gasteiger charge is -2.24. The lowest BCUT2D eigenvalue weighted by Crippen LogP contribution is -2.37. The molecule has 0 aliphatic heterocycles. The van der Waals surface area contributed by atoms with Crippen molar-refractivity contribution in [2.24, 2.45) is 0 Å². The third-order valence-electron chi connectivity index (χ3n) is 5.97. The lowest BCUT2D eigenvalue weighted by molar-refractivity contribution is -0.384. The van der Waals surface area contributed by atoms with Crippen molar-refractivity contribution in [3.8, 4) is 17.2 Å². The number of nitro benzene ring substituents is 1. The van der Waals surface area contributed by atoms with E-state index in [1.165, 1.54) is 19.2 Å². The molecule has 4 aromatic carbocycles. The first-order valence-corrected chi connectivity index (χ1v) is 13.0. The molecule has 0 heterocycles. The third kappa shape index (κ3) is 7.74. The van der Waals surface area contributed by atoms with Crippen molar-refractivity contribution in [3.05, 3.63) is 118 Å². The number of rotatable bonds is 11. The summed E-state index contributed by atoms with van der Waals surface area (Å²) < 4.78 is 11.2. The maximum absolute atomic E-state index is 13.4. The molecule has 4 aromatic rings. The molecule has 210 valence electrons. The summed E-state index contributed by atoms with van der Waals surface area (Å²) in [4.78, 5) is 37.9. The Morgan fingerprint density at radius 2 is 1.61 bits per heavy atom. The predicted molar refractivity (Wildman–Crippen MR) is 157 cm³/mol. The molecule has 11 heteroatoms. The van der Waals surface area contributed by atoms with E-state index in [-0.39, 0.29) is 29.4 Å². The van der Waals surface area contributed by atoms with Crippen molar-refractivity contribution >= 4 is 40.6 Å². The molecule has 0 radical (unpaired) electrons. The molecular weight excluding hydrogens is 548 g/mol. The van der Waals surface area contributed by atoms with Gasteiger partial charge in [0.1, 0.15) is 17.2 Å². The fourth-order valence-corrected chi connectivity index (χ4v) is 4.19. The van der Waals surface area contributed by atoms with Crippen LogP contribution < -0.4 is 25.0 Å². The first-order chi connectivity index (χ1) is 19.9. The molecule has 10 nitrogen and oxygen atoms in total. The number of para-hydroxylation sites is 3. The molecule has 0 saturated heterocycles. The zero-order chi connectivity index (χ0) is 29.2. The predicted octanol–water partition coefficient (Wildman–Crippen LogP) is 6.91. The molecule has 0 aliphatic rings. The van der Waals surface area contributed by atoms with Gasteiger partial charge in [-0.3, -0.25) is 19.8 Å². The summed E-state index contributed by atoms with van der Waals surface area (Å²) in [6, 6.07) is 26.8. The molecule has 4 rings (SSSR count). The van der Waals surface area contributed by atoms with E-state index in [1.807, 2.05) is 30.3 Å². The average Bonchev–Trinajstić information content (AvgIpc) is 2.98. The Kier molecular flexibility index (Phi) is 9.74. The summed E-state index contributed by atoms with van der Waals surface area (Å²) in [6.45, 7) is 0.480. The van der Waals surface area contributed by atoms with Gasteiger partial charge in [0.2, 0.25) is 0 Å². The largest absolute Gasteiger partial charge is 0.495 e. The maximum Gasteiger partial charge on any atom is 0.326 e. The highest BCUT2D eigenvalue weighted by Gasteiger charge is 2.19. The summed E-state index contributed by atoms with van der Waals surface area (Å²) in [6.07, 6.45) is 0.401. The number of non-ortho nitro benzene ring substituents is 1. The smallest absolute Gasteiger partial charge is 0.326 e. The van der Waals surface area contributed by atoms with Crippen LogP contribution in [0.1, 0.15) is 16.8 Å². The van der Waals surface area contributed by atoms with Crippen molar-refractivity contribution in [2.75, 3.05) is 30.4 Å². The number of nitro groups is 1. The number of nitrogens with one attached hydrogen (secondary N) is 2. The molecule has 0 bridgehead atoms. The SMILES string of the molecule is COc1ccccc1NC(=O)N(CCCNC(=O)c1ccc([N+](=O)[O-])cc1Cl)c1ccc(Oc2ccccc2)cc1. The Hall–Kier alpha value is -5.09. The van der Waals surface area contributed by atoms with Gasteiger partial charge in [-0.2, -0.15) is 0 Å². The van der Waals surface area contributed by atoms with Crippen molar-refractivity contribution < 1.29 is 24.0 Å². The van der Waals surface area contributed by atoms with Crippen LogP contribution in [-0.2, 0) is 0 Å². The van der Waals surface area contributed by atoms with Crippen molar-refractivity contribution in [1.29, 1.82) is 0 Å². The summed E-state index contributed by atoms with van der Waals surface area (Å²) in [7, 11) is 1.52. The Labute approximate surface area is 241 Å². The van der Waals surface area contributed by atoms with Crippen LogP contribution >= 0.6 is 11.6 Å². The Bertz CT molecular complexity index is 1520. The van der Waals surface area contributed by atoms with Crippen LogP contribution in [0, 0.1) is 10.1 Å². The van der Waals surface area contributed by atoms with Crippen molar-refractivity contribution in [2.45, 2.75) is 6.42 Å². The average molecular weight is 575 g/mol. The van der Waals surface area contributed by atoms with Crippen LogP contribution in [-0.4, -0.2) is 37.1 Å². The molecular formula is C30H27ClN4O6. The number of ether oxygens (including phenoxy) is 2. The van der Waals surface area contributed by atoms with Gasteiger partial charge in [-0.25, -0.2) is 4.79 Å². The second kappa shape index (κ2) is 13.8. The van der Waals surface area contributed by atoms with E-state index in [0.717, 1.165) is 6.07 Å². The van der Waals surface area contributed by atoms with E-state index >= 15 is 0 Å². The van der Waals surface area contributed by atoms with Gasteiger partial charge in [0, 0.05) is 30.9 Å². The van der Waals surface area contributed by atoms with E-state index in [9.17, 15) is 19.7 Å². The molecule has 0 unspecified atom stereocenters. The fraction of sp³-hybridized carbons (Fsp3) is 0.133. The maximum atomic E-state index is 13.4. The van der Waals surface area contributed by atoms with Gasteiger partial charge in [-0.1, -0.05) is 41.9 Å². The van der Waals surface area contributed by atoms with E-state index < -0.39 is 16.9 Å². The Morgan fingerprint density at radius 1 is 0.927 bits per heavy atom. The number of anilines is 2. The van der Waals surface area contributed by atoms with Crippen molar-refractivity contribution in [1.82, 2.24) is 5.32 Å². The minimum atomic E-state index is -0.585. The fourth-order valence-electron chi connectivity index (χ4n) is 3.93. The zero-order valence-electron chi connectivity index (χ0n) is 22.1. The van der Waals surface area contributed by atoms with Crippen molar-refractivity contribution in [3.63, 3.8) is 0 Å². The van der Waals surface area contributed by atoms with Gasteiger partial charge in [-0.15, -0.1) is 0 Å². The number of halogens is 1. The number of methoxy groups -OCH3 is 1. The number of hydrogen-bond donors (Lipinski definition) is 2. The zero-order valence-corrected chi connectivity index (χ0v) is 22.8. The quantitative estimate of drug-likeness (QED) is 0.114. The van der Waals surface area contributed by atoms with E-state index in [2.05, 4.69) is 10.6 Å². The number of benzene rings is 4. The first kappa shape index (κ1) is 28.9. The second-order valence-corrected chi connectivity index (χ2v) is 9.13. The number of carbonyl (C=O) groups is 2. The van der Waals surface area contributed by atoms with Gasteiger partial charge >= 0.3 is 6.03 Å². The van der Waals surface area contributed by atoms with E-state index in [1.54, 1.807) is 53.4 Å². The number of urea groups is 1.